The van der Waals surface area contributed by atoms with Gasteiger partial charge < -0.3 is 4.74 Å². The van der Waals surface area contributed by atoms with E-state index in [1.54, 1.807) is 38.2 Å². The molecule has 23 heavy (non-hydrogen) atoms. The summed E-state index contributed by atoms with van der Waals surface area (Å²) in [5, 5.41) is 0. The van der Waals surface area contributed by atoms with Crippen molar-refractivity contribution >= 4 is 11.9 Å². The molecule has 0 saturated heterocycles. The van der Waals surface area contributed by atoms with Gasteiger partial charge in [-0.1, -0.05) is 37.8 Å². The summed E-state index contributed by atoms with van der Waals surface area (Å²) in [6, 6.07) is 2.52. The average molecular weight is 316 g/mol. The smallest absolute Gasteiger partial charge is 0.173 e. The molecule has 2 rings (SSSR count). The number of halogens is 2. The Bertz CT molecular complexity index is 727. The largest absolute Gasteiger partial charge is 0.489 e. The van der Waals surface area contributed by atoms with Gasteiger partial charge in [0.1, 0.15) is 12.4 Å². The van der Waals surface area contributed by atoms with Crippen LogP contribution in [0.25, 0.3) is 6.08 Å². The van der Waals surface area contributed by atoms with Crippen molar-refractivity contribution < 1.29 is 18.3 Å². The van der Waals surface area contributed by atoms with Gasteiger partial charge in [-0.15, -0.1) is 0 Å². The minimum absolute atomic E-state index is 0.0542. The Morgan fingerprint density at radius 3 is 2.74 bits per heavy atom. The zero-order valence-corrected chi connectivity index (χ0v) is 13.1. The Balaban J connectivity index is 2.69. The molecule has 1 heterocycles. The molecule has 1 aliphatic rings. The summed E-state index contributed by atoms with van der Waals surface area (Å²) in [6.07, 6.45) is 8.05. The highest BCUT2D eigenvalue weighted by molar-refractivity contribution is 6.03. The number of allylic oxidation sites excluding steroid dienone is 4. The summed E-state index contributed by atoms with van der Waals surface area (Å²) >= 11 is 0. The van der Waals surface area contributed by atoms with Crippen molar-refractivity contribution in [3.8, 4) is 0 Å². The van der Waals surface area contributed by atoms with Crippen LogP contribution in [0.3, 0.4) is 0 Å². The van der Waals surface area contributed by atoms with Crippen molar-refractivity contribution in [2.45, 2.75) is 19.8 Å². The van der Waals surface area contributed by atoms with E-state index in [4.69, 9.17) is 4.74 Å². The number of fused-ring (bicyclic) bond motifs is 1. The van der Waals surface area contributed by atoms with E-state index in [-0.39, 0.29) is 18.0 Å². The summed E-state index contributed by atoms with van der Waals surface area (Å²) in [6.45, 7) is 7.17. The first kappa shape index (κ1) is 16.9. The van der Waals surface area contributed by atoms with Crippen LogP contribution in [0, 0.1) is 11.6 Å². The number of carbonyl (C=O) groups excluding carboxylic acids is 1. The van der Waals surface area contributed by atoms with E-state index >= 15 is 0 Å². The highest BCUT2D eigenvalue weighted by Gasteiger charge is 2.27. The molecule has 0 radical (unpaired) electrons. The van der Waals surface area contributed by atoms with Crippen LogP contribution in [0.2, 0.25) is 0 Å². The third-order valence-corrected chi connectivity index (χ3v) is 3.67. The lowest BCUT2D eigenvalue weighted by Gasteiger charge is -2.19. The molecule has 0 bridgehead atoms. The molecule has 1 aromatic rings. The molecule has 120 valence electrons. The first-order valence-electron chi connectivity index (χ1n) is 7.32. The minimum Gasteiger partial charge on any atom is -0.489 e. The zero-order chi connectivity index (χ0) is 17.0. The summed E-state index contributed by atoms with van der Waals surface area (Å²) in [7, 11) is 0. The summed E-state index contributed by atoms with van der Waals surface area (Å²) < 4.78 is 33.5. The highest BCUT2D eigenvalue weighted by Crippen LogP contribution is 2.31. The standard InChI is InChI=1S/C19H18F2O2/c1-4-7-14-16(5-2)23-11-6-8-13-9-10-15(20)18(21)17(13)12(3)19(14)22/h4-10,12H,2,11H2,1,3H3/b7-4-,8-6-,16-14-. The Morgan fingerprint density at radius 1 is 1.35 bits per heavy atom. The SMILES string of the molecule is C=C/C1=C(\C=C/C)C(=O)C(C)c2c(ccc(F)c2F)/C=C\CO1. The molecule has 0 fully saturated rings. The third kappa shape index (κ3) is 3.31. The van der Waals surface area contributed by atoms with Gasteiger partial charge in [0, 0.05) is 11.5 Å². The summed E-state index contributed by atoms with van der Waals surface area (Å²) in [5.41, 5.74) is 0.814. The van der Waals surface area contributed by atoms with Gasteiger partial charge in [-0.2, -0.15) is 0 Å². The van der Waals surface area contributed by atoms with Crippen molar-refractivity contribution in [1.29, 1.82) is 0 Å². The summed E-state index contributed by atoms with van der Waals surface area (Å²) in [5.74, 6) is -2.84. The second-order valence-electron chi connectivity index (χ2n) is 5.15. The van der Waals surface area contributed by atoms with Crippen molar-refractivity contribution in [1.82, 2.24) is 0 Å². The van der Waals surface area contributed by atoms with Crippen molar-refractivity contribution in [3.63, 3.8) is 0 Å². The molecule has 0 aliphatic carbocycles. The molecule has 0 spiro atoms. The number of benzene rings is 1. The first-order chi connectivity index (χ1) is 11.0. The van der Waals surface area contributed by atoms with Gasteiger partial charge in [-0.25, -0.2) is 8.78 Å². The maximum Gasteiger partial charge on any atom is 0.173 e. The maximum atomic E-state index is 14.3. The molecule has 0 aromatic heterocycles. The van der Waals surface area contributed by atoms with E-state index in [2.05, 4.69) is 6.58 Å². The van der Waals surface area contributed by atoms with Gasteiger partial charge in [0.05, 0.1) is 5.57 Å². The Morgan fingerprint density at radius 2 is 2.09 bits per heavy atom. The fourth-order valence-corrected chi connectivity index (χ4v) is 2.54. The van der Waals surface area contributed by atoms with Crippen LogP contribution in [-0.2, 0) is 9.53 Å². The van der Waals surface area contributed by atoms with Gasteiger partial charge >= 0.3 is 0 Å². The van der Waals surface area contributed by atoms with E-state index in [1.807, 2.05) is 0 Å². The van der Waals surface area contributed by atoms with Crippen LogP contribution >= 0.6 is 0 Å². The molecule has 0 saturated carbocycles. The zero-order valence-electron chi connectivity index (χ0n) is 13.1. The molecular weight excluding hydrogens is 298 g/mol. The number of ketones is 1. The number of ether oxygens (including phenoxy) is 1. The first-order valence-corrected chi connectivity index (χ1v) is 7.32. The molecule has 4 heteroatoms. The van der Waals surface area contributed by atoms with Gasteiger partial charge in [-0.05, 0) is 30.7 Å². The highest BCUT2D eigenvalue weighted by atomic mass is 19.2. The molecule has 0 amide bonds. The number of hydrogen-bond acceptors (Lipinski definition) is 2. The minimum atomic E-state index is -0.991. The molecule has 0 N–H and O–H groups in total. The van der Waals surface area contributed by atoms with Gasteiger partial charge in [-0.3, -0.25) is 4.79 Å². The number of carbonyl (C=O) groups is 1. The predicted octanol–water partition coefficient (Wildman–Crippen LogP) is 4.70. The van der Waals surface area contributed by atoms with E-state index in [1.165, 1.54) is 12.1 Å². The maximum absolute atomic E-state index is 14.3. The average Bonchev–Trinajstić information content (AvgIpc) is 2.55. The fraction of sp³-hybridized carbons (Fsp3) is 0.211. The molecule has 1 aromatic carbocycles. The second kappa shape index (κ2) is 7.18. The fourth-order valence-electron chi connectivity index (χ4n) is 2.54. The van der Waals surface area contributed by atoms with Crippen LogP contribution < -0.4 is 0 Å². The third-order valence-electron chi connectivity index (χ3n) is 3.67. The Kier molecular flexibility index (Phi) is 5.27. The second-order valence-corrected chi connectivity index (χ2v) is 5.15. The summed E-state index contributed by atoms with van der Waals surface area (Å²) in [4.78, 5) is 12.8. The van der Waals surface area contributed by atoms with Crippen LogP contribution in [0.5, 0.6) is 0 Å². The number of hydrogen-bond donors (Lipinski definition) is 0. The Labute approximate surface area is 134 Å². The monoisotopic (exact) mass is 316 g/mol. The van der Waals surface area contributed by atoms with Crippen LogP contribution in [0.15, 0.2) is 54.3 Å². The van der Waals surface area contributed by atoms with E-state index in [0.717, 1.165) is 6.07 Å². The van der Waals surface area contributed by atoms with Gasteiger partial charge in [0.25, 0.3) is 0 Å². The van der Waals surface area contributed by atoms with Crippen LogP contribution in [0.4, 0.5) is 8.78 Å². The normalized spacial score (nSPS) is 23.3. The van der Waals surface area contributed by atoms with Crippen molar-refractivity contribution in [2.24, 2.45) is 0 Å². The molecule has 1 atom stereocenters. The van der Waals surface area contributed by atoms with E-state index < -0.39 is 17.6 Å². The molecule has 2 nitrogen and oxygen atoms in total. The predicted molar refractivity (Wildman–Crippen MR) is 86.8 cm³/mol. The number of rotatable bonds is 2. The van der Waals surface area contributed by atoms with Crippen LogP contribution in [-0.4, -0.2) is 12.4 Å². The lowest BCUT2D eigenvalue weighted by Crippen LogP contribution is -2.17. The lowest BCUT2D eigenvalue weighted by molar-refractivity contribution is -0.116. The lowest BCUT2D eigenvalue weighted by atomic mass is 9.87. The van der Waals surface area contributed by atoms with Gasteiger partial charge in [0.2, 0.25) is 0 Å². The van der Waals surface area contributed by atoms with E-state index in [9.17, 15) is 13.6 Å². The van der Waals surface area contributed by atoms with E-state index in [0.29, 0.717) is 16.9 Å². The van der Waals surface area contributed by atoms with Crippen molar-refractivity contribution in [2.75, 3.05) is 6.61 Å². The molecule has 1 unspecified atom stereocenters. The van der Waals surface area contributed by atoms with Crippen molar-refractivity contribution in [3.05, 3.63) is 77.1 Å². The number of Topliss-reactive ketones (excluding diaryl/α,β-unsaturated/α-hetero) is 1. The Hall–Kier alpha value is -2.49. The molecular formula is C19H18F2O2. The van der Waals surface area contributed by atoms with Gasteiger partial charge in [0.15, 0.2) is 17.4 Å². The quantitative estimate of drug-likeness (QED) is 0.791. The topological polar surface area (TPSA) is 26.3 Å². The molecule has 1 aliphatic heterocycles. The van der Waals surface area contributed by atoms with Crippen LogP contribution in [0.1, 0.15) is 30.9 Å².